The van der Waals surface area contributed by atoms with Crippen molar-refractivity contribution in [3.63, 3.8) is 0 Å². The van der Waals surface area contributed by atoms with Gasteiger partial charge in [-0.2, -0.15) is 0 Å². The van der Waals surface area contributed by atoms with Crippen molar-refractivity contribution in [1.82, 2.24) is 9.38 Å². The van der Waals surface area contributed by atoms with Crippen LogP contribution in [0.25, 0.3) is 16.0 Å². The molecule has 27 heavy (non-hydrogen) atoms. The van der Waals surface area contributed by atoms with Crippen LogP contribution in [0.3, 0.4) is 0 Å². The molecule has 0 unspecified atom stereocenters. The van der Waals surface area contributed by atoms with Gasteiger partial charge in [0.05, 0.1) is 16.7 Å². The van der Waals surface area contributed by atoms with Crippen LogP contribution in [0.4, 0.5) is 10.1 Å². The number of hydrogen-bond donors (Lipinski definition) is 1. The fraction of sp³-hybridized carbons (Fsp3) is 0.105. The number of halogens is 2. The molecular weight excluding hydrogens is 433 g/mol. The molecule has 0 spiro atoms. The minimum absolute atomic E-state index is 0.0440. The summed E-state index contributed by atoms with van der Waals surface area (Å²) in [7, 11) is 0. The smallest absolute Gasteiger partial charge is 0.266 e. The minimum atomic E-state index is -0.566. The molecule has 2 aromatic carbocycles. The molecule has 0 fully saturated rings. The molecular formula is C19H13BrFN3O2S. The molecule has 4 rings (SSSR count). The number of carbonyl (C=O) groups is 1. The van der Waals surface area contributed by atoms with Crippen LogP contribution in [-0.4, -0.2) is 15.3 Å². The molecule has 5 nitrogen and oxygen atoms in total. The van der Waals surface area contributed by atoms with Gasteiger partial charge in [-0.05, 0) is 55.3 Å². The first-order chi connectivity index (χ1) is 12.8. The largest absolute Gasteiger partial charge is 0.319 e. The Hall–Kier alpha value is -2.58. The zero-order chi connectivity index (χ0) is 19.3. The molecule has 0 bridgehead atoms. The van der Waals surface area contributed by atoms with Crippen molar-refractivity contribution in [3.8, 4) is 0 Å². The first kappa shape index (κ1) is 17.8. The molecule has 0 radical (unpaired) electrons. The van der Waals surface area contributed by atoms with Gasteiger partial charge in [-0.25, -0.2) is 9.37 Å². The van der Waals surface area contributed by atoms with E-state index in [0.717, 1.165) is 22.5 Å². The number of nitrogens with zero attached hydrogens (tertiary/aromatic N) is 2. The summed E-state index contributed by atoms with van der Waals surface area (Å²) in [6.45, 7) is 3.95. The molecule has 136 valence electrons. The summed E-state index contributed by atoms with van der Waals surface area (Å²) in [5.41, 5.74) is 3.23. The monoisotopic (exact) mass is 445 g/mol. The van der Waals surface area contributed by atoms with Crippen LogP contribution in [0.2, 0.25) is 0 Å². The number of nitrogens with one attached hydrogen (secondary N) is 1. The Morgan fingerprint density at radius 1 is 1.19 bits per heavy atom. The van der Waals surface area contributed by atoms with E-state index < -0.39 is 11.7 Å². The maximum absolute atomic E-state index is 14.0. The third-order valence-corrected chi connectivity index (χ3v) is 5.79. The Labute approximate surface area is 165 Å². The van der Waals surface area contributed by atoms with Gasteiger partial charge < -0.3 is 5.32 Å². The lowest BCUT2D eigenvalue weighted by molar-refractivity contribution is 0.102. The summed E-state index contributed by atoms with van der Waals surface area (Å²) < 4.78 is 16.0. The number of aryl methyl sites for hydroxylation is 2. The summed E-state index contributed by atoms with van der Waals surface area (Å²) in [4.78, 5) is 30.2. The zero-order valence-corrected chi connectivity index (χ0v) is 16.7. The highest BCUT2D eigenvalue weighted by molar-refractivity contribution is 9.10. The molecule has 0 aliphatic carbocycles. The average Bonchev–Trinajstić information content (AvgIpc) is 2.95. The third-order valence-electron chi connectivity index (χ3n) is 4.32. The lowest BCUT2D eigenvalue weighted by atomic mass is 10.1. The van der Waals surface area contributed by atoms with Gasteiger partial charge in [0, 0.05) is 10.5 Å². The summed E-state index contributed by atoms with van der Waals surface area (Å²) in [6.07, 6.45) is 0. The lowest BCUT2D eigenvalue weighted by Gasteiger charge is -2.06. The Bertz CT molecular complexity index is 1300. The fourth-order valence-corrected chi connectivity index (χ4v) is 4.04. The number of carbonyl (C=O) groups excluding carboxylic acids is 1. The highest BCUT2D eigenvalue weighted by Gasteiger charge is 2.16. The van der Waals surface area contributed by atoms with E-state index in [1.807, 2.05) is 26.0 Å². The van der Waals surface area contributed by atoms with Gasteiger partial charge in [0.2, 0.25) is 0 Å². The highest BCUT2D eigenvalue weighted by atomic mass is 79.9. The number of rotatable bonds is 2. The Kier molecular flexibility index (Phi) is 4.32. The molecule has 0 saturated heterocycles. The van der Waals surface area contributed by atoms with Gasteiger partial charge in [-0.15, -0.1) is 0 Å². The number of anilines is 1. The third kappa shape index (κ3) is 3.15. The maximum Gasteiger partial charge on any atom is 0.266 e. The molecule has 0 aliphatic rings. The summed E-state index contributed by atoms with van der Waals surface area (Å²) in [5.74, 6) is -1.12. The maximum atomic E-state index is 14.0. The van der Waals surface area contributed by atoms with Gasteiger partial charge in [0.1, 0.15) is 10.7 Å². The van der Waals surface area contributed by atoms with Crippen molar-refractivity contribution in [2.24, 2.45) is 0 Å². The Morgan fingerprint density at radius 2 is 1.93 bits per heavy atom. The second-order valence-corrected chi connectivity index (χ2v) is 8.11. The van der Waals surface area contributed by atoms with E-state index in [9.17, 15) is 14.0 Å². The van der Waals surface area contributed by atoms with Gasteiger partial charge in [0.15, 0.2) is 4.96 Å². The van der Waals surface area contributed by atoms with Gasteiger partial charge in [-0.1, -0.05) is 27.3 Å². The van der Waals surface area contributed by atoms with E-state index in [1.165, 1.54) is 22.6 Å². The van der Waals surface area contributed by atoms with E-state index in [1.54, 1.807) is 6.07 Å². The molecule has 2 heterocycles. The quantitative estimate of drug-likeness (QED) is 0.487. The van der Waals surface area contributed by atoms with Crippen LogP contribution in [0.1, 0.15) is 20.8 Å². The van der Waals surface area contributed by atoms with Gasteiger partial charge in [0.25, 0.3) is 11.5 Å². The van der Waals surface area contributed by atoms with Crippen LogP contribution in [0.15, 0.2) is 45.7 Å². The van der Waals surface area contributed by atoms with E-state index in [4.69, 9.17) is 0 Å². The van der Waals surface area contributed by atoms with Gasteiger partial charge in [-0.3, -0.25) is 14.0 Å². The van der Waals surface area contributed by atoms with Crippen LogP contribution < -0.4 is 10.9 Å². The van der Waals surface area contributed by atoms with Crippen molar-refractivity contribution in [2.75, 3.05) is 5.32 Å². The van der Waals surface area contributed by atoms with Crippen molar-refractivity contribution < 1.29 is 9.18 Å². The summed E-state index contributed by atoms with van der Waals surface area (Å²) in [6, 6.07) is 9.41. The SMILES string of the molecule is Cc1cc2nc3sc(C(=O)Nc4ccc(Br)cc4F)cc(=O)n3c2cc1C. The number of imidazole rings is 1. The van der Waals surface area contributed by atoms with Crippen molar-refractivity contribution >= 4 is 54.9 Å². The van der Waals surface area contributed by atoms with Crippen LogP contribution in [-0.2, 0) is 0 Å². The van der Waals surface area contributed by atoms with E-state index >= 15 is 0 Å². The second-order valence-electron chi connectivity index (χ2n) is 6.18. The topological polar surface area (TPSA) is 63.5 Å². The molecule has 2 aromatic heterocycles. The first-order valence-electron chi connectivity index (χ1n) is 8.03. The lowest BCUT2D eigenvalue weighted by Crippen LogP contribution is -2.17. The van der Waals surface area contributed by atoms with Crippen LogP contribution in [0, 0.1) is 19.7 Å². The van der Waals surface area contributed by atoms with Crippen molar-refractivity contribution in [3.05, 3.63) is 73.0 Å². The predicted molar refractivity (Wildman–Crippen MR) is 108 cm³/mol. The zero-order valence-electron chi connectivity index (χ0n) is 14.3. The molecule has 0 saturated carbocycles. The molecule has 4 aromatic rings. The van der Waals surface area contributed by atoms with Crippen LogP contribution >= 0.6 is 27.3 Å². The van der Waals surface area contributed by atoms with E-state index in [-0.39, 0.29) is 16.1 Å². The van der Waals surface area contributed by atoms with Gasteiger partial charge >= 0.3 is 0 Å². The molecule has 1 N–H and O–H groups in total. The predicted octanol–water partition coefficient (Wildman–Crippen LogP) is 4.68. The number of hydrogen-bond acceptors (Lipinski definition) is 4. The van der Waals surface area contributed by atoms with Crippen molar-refractivity contribution in [1.29, 1.82) is 0 Å². The fourth-order valence-electron chi connectivity index (χ4n) is 2.78. The first-order valence-corrected chi connectivity index (χ1v) is 9.64. The molecule has 0 aliphatic heterocycles. The molecule has 1 amide bonds. The molecule has 8 heteroatoms. The summed E-state index contributed by atoms with van der Waals surface area (Å²) >= 11 is 4.25. The molecule has 0 atom stereocenters. The van der Waals surface area contributed by atoms with Crippen molar-refractivity contribution in [2.45, 2.75) is 13.8 Å². The number of fused-ring (bicyclic) bond motifs is 3. The highest BCUT2D eigenvalue weighted by Crippen LogP contribution is 2.24. The number of benzene rings is 2. The van der Waals surface area contributed by atoms with Crippen LogP contribution in [0.5, 0.6) is 0 Å². The standard InChI is InChI=1S/C19H13BrFN3O2S/c1-9-5-14-15(6-10(9)2)24-17(25)8-16(27-19(24)23-14)18(26)22-13-4-3-11(20)7-12(13)21/h3-8H,1-2H3,(H,22,26). The minimum Gasteiger partial charge on any atom is -0.319 e. The summed E-state index contributed by atoms with van der Waals surface area (Å²) in [5, 5.41) is 2.50. The van der Waals surface area contributed by atoms with E-state index in [0.29, 0.717) is 20.5 Å². The normalized spacial score (nSPS) is 11.3. The van der Waals surface area contributed by atoms with E-state index in [2.05, 4.69) is 26.2 Å². The number of aromatic nitrogens is 2. The second kappa shape index (κ2) is 6.54. The Morgan fingerprint density at radius 3 is 2.67 bits per heavy atom. The Balaban J connectivity index is 1.79. The number of amides is 1. The average molecular weight is 446 g/mol.